The van der Waals surface area contributed by atoms with E-state index in [0.717, 1.165) is 48.5 Å². The molecule has 4 heteroatoms. The molecule has 0 saturated heterocycles. The molecule has 3 atom stereocenters. The zero-order valence-corrected chi connectivity index (χ0v) is 14.4. The Morgan fingerprint density at radius 2 is 1.55 bits per heavy atom. The van der Waals surface area contributed by atoms with Gasteiger partial charge >= 0.3 is 0 Å². The molecule has 115 valence electrons. The summed E-state index contributed by atoms with van der Waals surface area (Å²) < 4.78 is 0. The Labute approximate surface area is 132 Å². The average molecular weight is 316 g/mol. The molecular weight excluding hydrogens is 288 g/mol. The summed E-state index contributed by atoms with van der Waals surface area (Å²) in [4.78, 5) is 22.1. The summed E-state index contributed by atoms with van der Waals surface area (Å²) in [5.41, 5.74) is 0. The molecule has 1 aliphatic rings. The summed E-state index contributed by atoms with van der Waals surface area (Å²) in [5.74, 6) is 4.11. The molecule has 1 radical (unpaired) electrons. The lowest BCUT2D eigenvalue weighted by Gasteiger charge is -2.36. The van der Waals surface area contributed by atoms with Crippen LogP contribution in [0.5, 0.6) is 0 Å². The van der Waals surface area contributed by atoms with Crippen molar-refractivity contribution in [3.05, 3.63) is 6.92 Å². The highest BCUT2D eigenvalue weighted by Crippen LogP contribution is 2.40. The lowest BCUT2D eigenvalue weighted by atomic mass is 9.71. The smallest absolute Gasteiger partial charge is 0.185 e. The van der Waals surface area contributed by atoms with E-state index in [9.17, 15) is 9.59 Å². The normalized spacial score (nSPS) is 26.4. The van der Waals surface area contributed by atoms with Gasteiger partial charge in [0.1, 0.15) is 0 Å². The van der Waals surface area contributed by atoms with Gasteiger partial charge in [0.05, 0.1) is 0 Å². The van der Waals surface area contributed by atoms with Gasteiger partial charge in [0.25, 0.3) is 0 Å². The highest BCUT2D eigenvalue weighted by atomic mass is 32.2. The monoisotopic (exact) mass is 315 g/mol. The van der Waals surface area contributed by atoms with Crippen LogP contribution < -0.4 is 0 Å². The number of carbonyl (C=O) groups is 2. The lowest BCUT2D eigenvalue weighted by Crippen LogP contribution is -2.26. The molecule has 0 heterocycles. The molecule has 1 aliphatic carbocycles. The Kier molecular flexibility index (Phi) is 8.94. The van der Waals surface area contributed by atoms with Gasteiger partial charge in [-0.3, -0.25) is 9.59 Å². The maximum Gasteiger partial charge on any atom is 0.185 e. The van der Waals surface area contributed by atoms with Gasteiger partial charge in [0.2, 0.25) is 0 Å². The minimum absolute atomic E-state index is 0.221. The van der Waals surface area contributed by atoms with E-state index in [4.69, 9.17) is 0 Å². The minimum atomic E-state index is 0.221. The van der Waals surface area contributed by atoms with Gasteiger partial charge < -0.3 is 0 Å². The fraction of sp³-hybridized carbons (Fsp3) is 0.812. The van der Waals surface area contributed by atoms with Crippen LogP contribution in [0.3, 0.4) is 0 Å². The lowest BCUT2D eigenvalue weighted by molar-refractivity contribution is -0.109. The van der Waals surface area contributed by atoms with Crippen molar-refractivity contribution in [3.63, 3.8) is 0 Å². The van der Waals surface area contributed by atoms with Crippen LogP contribution in [0.1, 0.15) is 52.4 Å². The van der Waals surface area contributed by atoms with Crippen molar-refractivity contribution in [3.8, 4) is 0 Å². The van der Waals surface area contributed by atoms with Crippen molar-refractivity contribution < 1.29 is 9.59 Å². The topological polar surface area (TPSA) is 34.1 Å². The summed E-state index contributed by atoms with van der Waals surface area (Å²) in [5, 5.41) is 0.443. The third-order valence-corrected chi connectivity index (χ3v) is 5.94. The van der Waals surface area contributed by atoms with Crippen molar-refractivity contribution in [2.75, 3.05) is 11.5 Å². The van der Waals surface area contributed by atoms with E-state index < -0.39 is 0 Å². The molecule has 2 nitrogen and oxygen atoms in total. The Bertz CT molecular complexity index is 318. The maximum atomic E-state index is 11.0. The summed E-state index contributed by atoms with van der Waals surface area (Å²) in [6, 6.07) is 0. The van der Waals surface area contributed by atoms with Crippen LogP contribution in [0, 0.1) is 24.7 Å². The second-order valence-electron chi connectivity index (χ2n) is 5.75. The number of rotatable bonds is 7. The third kappa shape index (κ3) is 7.16. The Balaban J connectivity index is 2.41. The molecule has 0 bridgehead atoms. The quantitative estimate of drug-likeness (QED) is 0.688. The number of carbonyl (C=O) groups excluding carboxylic acids is 2. The summed E-state index contributed by atoms with van der Waals surface area (Å²) in [6.07, 6.45) is 7.13. The first-order valence-corrected chi connectivity index (χ1v) is 9.56. The van der Waals surface area contributed by atoms with E-state index in [1.807, 2.05) is 0 Å². The van der Waals surface area contributed by atoms with Gasteiger partial charge in [-0.25, -0.2) is 0 Å². The molecule has 0 aliphatic heterocycles. The van der Waals surface area contributed by atoms with E-state index in [1.54, 1.807) is 13.8 Å². The number of hydrogen-bond acceptors (Lipinski definition) is 4. The second-order valence-corrected chi connectivity index (χ2v) is 8.29. The van der Waals surface area contributed by atoms with Gasteiger partial charge in [0, 0.05) is 25.4 Å². The average Bonchev–Trinajstić information content (AvgIpc) is 2.39. The first kappa shape index (κ1) is 18.1. The van der Waals surface area contributed by atoms with Crippen LogP contribution in [-0.2, 0) is 9.59 Å². The summed E-state index contributed by atoms with van der Waals surface area (Å²) in [6.45, 7) is 7.34. The van der Waals surface area contributed by atoms with Crippen LogP contribution in [-0.4, -0.2) is 21.7 Å². The van der Waals surface area contributed by atoms with Crippen LogP contribution in [0.2, 0.25) is 0 Å². The van der Waals surface area contributed by atoms with Gasteiger partial charge in [-0.1, -0.05) is 43.3 Å². The SMILES string of the molecule is [CH2]C[C@H]1CC[C@H](CCSC(C)=O)[C@@H](CCSC(C)=O)C1. The predicted molar refractivity (Wildman–Crippen MR) is 89.8 cm³/mol. The van der Waals surface area contributed by atoms with E-state index in [2.05, 4.69) is 6.92 Å². The number of thioether (sulfide) groups is 2. The van der Waals surface area contributed by atoms with Crippen LogP contribution in [0.4, 0.5) is 0 Å². The highest BCUT2D eigenvalue weighted by Gasteiger charge is 2.29. The first-order chi connectivity index (χ1) is 9.52. The molecule has 1 rings (SSSR count). The van der Waals surface area contributed by atoms with Crippen molar-refractivity contribution in [2.24, 2.45) is 17.8 Å². The van der Waals surface area contributed by atoms with Crippen LogP contribution in [0.15, 0.2) is 0 Å². The largest absolute Gasteiger partial charge is 0.288 e. The standard InChI is InChI=1S/C16H27O2S2/c1-4-14-5-6-15(7-9-19-12(2)17)16(11-14)8-10-20-13(3)18/h14-16H,1,4-11H2,2-3H3/t14-,15+,16-/m0/s1. The molecule has 0 aromatic carbocycles. The maximum absolute atomic E-state index is 11.0. The minimum Gasteiger partial charge on any atom is -0.288 e. The number of hydrogen-bond donors (Lipinski definition) is 0. The Morgan fingerprint density at radius 3 is 2.05 bits per heavy atom. The van der Waals surface area contributed by atoms with Gasteiger partial charge in [-0.15, -0.1) is 0 Å². The molecule has 0 unspecified atom stereocenters. The van der Waals surface area contributed by atoms with Crippen molar-refractivity contribution in [1.29, 1.82) is 0 Å². The predicted octanol–water partition coefficient (Wildman–Crippen LogP) is 4.58. The van der Waals surface area contributed by atoms with Gasteiger partial charge in [0.15, 0.2) is 10.2 Å². The van der Waals surface area contributed by atoms with Crippen molar-refractivity contribution in [1.82, 2.24) is 0 Å². The van der Waals surface area contributed by atoms with Crippen LogP contribution >= 0.6 is 23.5 Å². The summed E-state index contributed by atoms with van der Waals surface area (Å²) in [7, 11) is 0. The molecule has 0 aromatic heterocycles. The zero-order chi connectivity index (χ0) is 15.0. The van der Waals surface area contributed by atoms with Crippen molar-refractivity contribution >= 4 is 33.8 Å². The van der Waals surface area contributed by atoms with Gasteiger partial charge in [-0.2, -0.15) is 0 Å². The molecule has 20 heavy (non-hydrogen) atoms. The molecule has 0 amide bonds. The third-order valence-electron chi connectivity index (χ3n) is 4.24. The first-order valence-electron chi connectivity index (χ1n) is 7.58. The molecular formula is C16H27O2S2. The molecule has 0 aromatic rings. The Morgan fingerprint density at radius 1 is 1.00 bits per heavy atom. The van der Waals surface area contributed by atoms with E-state index in [1.165, 1.54) is 42.8 Å². The fourth-order valence-corrected chi connectivity index (χ4v) is 4.54. The molecule has 1 saturated carbocycles. The second kappa shape index (κ2) is 9.88. The van der Waals surface area contributed by atoms with E-state index in [0.29, 0.717) is 0 Å². The fourth-order valence-electron chi connectivity index (χ4n) is 3.13. The molecule has 0 spiro atoms. The molecule has 1 fully saturated rings. The highest BCUT2D eigenvalue weighted by molar-refractivity contribution is 8.13. The molecule has 0 N–H and O–H groups in total. The van der Waals surface area contributed by atoms with E-state index in [-0.39, 0.29) is 10.2 Å². The zero-order valence-electron chi connectivity index (χ0n) is 12.7. The van der Waals surface area contributed by atoms with Crippen molar-refractivity contribution in [2.45, 2.75) is 52.4 Å². The van der Waals surface area contributed by atoms with E-state index >= 15 is 0 Å². The summed E-state index contributed by atoms with van der Waals surface area (Å²) >= 11 is 2.90. The van der Waals surface area contributed by atoms with Crippen LogP contribution in [0.25, 0.3) is 0 Å². The Hall–Kier alpha value is 0.0400. The van der Waals surface area contributed by atoms with Gasteiger partial charge in [-0.05, 0) is 43.4 Å².